The molecule has 0 aliphatic carbocycles. The highest BCUT2D eigenvalue weighted by molar-refractivity contribution is 6.07. The van der Waals surface area contributed by atoms with E-state index < -0.39 is 16.9 Å². The van der Waals surface area contributed by atoms with E-state index in [1.165, 1.54) is 19.2 Å². The number of hydrazine groups is 1. The number of nitro groups is 1. The van der Waals surface area contributed by atoms with Crippen molar-refractivity contribution in [1.82, 2.24) is 15.3 Å². The first-order valence-corrected chi connectivity index (χ1v) is 6.46. The van der Waals surface area contributed by atoms with Gasteiger partial charge in [-0.05, 0) is 5.56 Å². The summed E-state index contributed by atoms with van der Waals surface area (Å²) >= 11 is 0. The van der Waals surface area contributed by atoms with Gasteiger partial charge >= 0.3 is 0 Å². The van der Waals surface area contributed by atoms with Gasteiger partial charge in [0.25, 0.3) is 5.69 Å². The van der Waals surface area contributed by atoms with E-state index in [1.54, 1.807) is 24.2 Å². The zero-order valence-electron chi connectivity index (χ0n) is 11.5. The van der Waals surface area contributed by atoms with Crippen molar-refractivity contribution in [3.05, 3.63) is 39.9 Å². The predicted octanol–water partition coefficient (Wildman–Crippen LogP) is 0.0693. The van der Waals surface area contributed by atoms with Gasteiger partial charge in [0.2, 0.25) is 11.8 Å². The van der Waals surface area contributed by atoms with Crippen molar-refractivity contribution >= 4 is 17.5 Å². The van der Waals surface area contributed by atoms with Crippen LogP contribution in [0.4, 0.5) is 5.69 Å². The molecule has 0 aromatic heterocycles. The predicted molar refractivity (Wildman–Crippen MR) is 71.8 cm³/mol. The van der Waals surface area contributed by atoms with Gasteiger partial charge in [0.1, 0.15) is 6.04 Å². The van der Waals surface area contributed by atoms with Crippen LogP contribution in [0.3, 0.4) is 0 Å². The van der Waals surface area contributed by atoms with Crippen LogP contribution in [0.2, 0.25) is 0 Å². The number of likely N-dealkylation sites (tertiary alicyclic amines) is 1. The van der Waals surface area contributed by atoms with Gasteiger partial charge in [0, 0.05) is 26.2 Å². The van der Waals surface area contributed by atoms with Gasteiger partial charge in [-0.25, -0.2) is 10.4 Å². The fourth-order valence-electron chi connectivity index (χ4n) is 3.02. The molecule has 2 fully saturated rings. The number of carbonyl (C=O) groups excluding carboxylic acids is 2. The molecule has 0 bridgehead atoms. The third kappa shape index (κ3) is 1.91. The lowest BCUT2D eigenvalue weighted by Gasteiger charge is -2.19. The molecule has 3 atom stereocenters. The minimum Gasteiger partial charge on any atom is -0.284 e. The van der Waals surface area contributed by atoms with Crippen LogP contribution >= 0.6 is 0 Å². The van der Waals surface area contributed by atoms with E-state index in [-0.39, 0.29) is 23.5 Å². The molecule has 1 aromatic rings. The minimum atomic E-state index is -0.525. The van der Waals surface area contributed by atoms with Crippen molar-refractivity contribution in [2.24, 2.45) is 5.92 Å². The second-order valence-corrected chi connectivity index (χ2v) is 5.27. The maximum absolute atomic E-state index is 12.2. The number of rotatable bonds is 2. The average molecular weight is 290 g/mol. The third-order valence-corrected chi connectivity index (χ3v) is 4.12. The molecule has 2 aliphatic rings. The SMILES string of the molecule is CN1C(=O)[C@H]2[C@@H](c3ccc([N+](=O)[O-])cc3)NN(C)[C@@H]2C1=O. The van der Waals surface area contributed by atoms with Gasteiger partial charge in [-0.1, -0.05) is 12.1 Å². The molecule has 1 N–H and O–H groups in total. The average Bonchev–Trinajstić information content (AvgIpc) is 2.92. The lowest BCUT2D eigenvalue weighted by Crippen LogP contribution is -2.41. The Labute approximate surface area is 120 Å². The molecular weight excluding hydrogens is 276 g/mol. The molecule has 8 heteroatoms. The number of amides is 2. The number of hydrogen-bond donors (Lipinski definition) is 1. The standard InChI is InChI=1S/C13H14N4O4/c1-15-12(18)9-10(14-16(2)11(9)13(15)19)7-3-5-8(6-4-7)17(20)21/h3-6,9-11,14H,1-2H3/t9-,10+,11-/m0/s1. The van der Waals surface area contributed by atoms with E-state index in [2.05, 4.69) is 5.43 Å². The molecule has 0 spiro atoms. The summed E-state index contributed by atoms with van der Waals surface area (Å²) in [6.45, 7) is 0. The van der Waals surface area contributed by atoms with Gasteiger partial charge in [-0.15, -0.1) is 0 Å². The Kier molecular flexibility index (Phi) is 2.99. The van der Waals surface area contributed by atoms with Crippen LogP contribution in [0.15, 0.2) is 24.3 Å². The highest BCUT2D eigenvalue weighted by Gasteiger charge is 2.56. The van der Waals surface area contributed by atoms with Crippen LogP contribution in [0.1, 0.15) is 11.6 Å². The first-order chi connectivity index (χ1) is 9.91. The van der Waals surface area contributed by atoms with Crippen molar-refractivity contribution < 1.29 is 14.5 Å². The molecule has 2 amide bonds. The normalized spacial score (nSPS) is 29.0. The molecule has 1 aromatic carbocycles. The molecule has 3 rings (SSSR count). The molecule has 0 saturated carbocycles. The Bertz CT molecular complexity index is 630. The second kappa shape index (κ2) is 4.61. The van der Waals surface area contributed by atoms with Gasteiger partial charge < -0.3 is 0 Å². The smallest absolute Gasteiger partial charge is 0.269 e. The Balaban J connectivity index is 1.94. The van der Waals surface area contributed by atoms with Crippen molar-refractivity contribution in [2.75, 3.05) is 14.1 Å². The van der Waals surface area contributed by atoms with Crippen molar-refractivity contribution in [2.45, 2.75) is 12.1 Å². The summed E-state index contributed by atoms with van der Waals surface area (Å²) in [5.41, 5.74) is 3.84. The second-order valence-electron chi connectivity index (χ2n) is 5.27. The number of benzene rings is 1. The lowest BCUT2D eigenvalue weighted by atomic mass is 9.91. The Morgan fingerprint density at radius 1 is 1.14 bits per heavy atom. The number of imide groups is 1. The van der Waals surface area contributed by atoms with E-state index in [9.17, 15) is 19.7 Å². The van der Waals surface area contributed by atoms with Crippen molar-refractivity contribution in [3.8, 4) is 0 Å². The minimum absolute atomic E-state index is 0.00686. The van der Waals surface area contributed by atoms with E-state index in [4.69, 9.17) is 0 Å². The van der Waals surface area contributed by atoms with Crippen LogP contribution < -0.4 is 5.43 Å². The summed E-state index contributed by atoms with van der Waals surface area (Å²) in [6, 6.07) is 5.14. The van der Waals surface area contributed by atoms with E-state index in [0.717, 1.165) is 10.5 Å². The quantitative estimate of drug-likeness (QED) is 0.470. The number of hydrogen-bond acceptors (Lipinski definition) is 6. The zero-order valence-corrected chi connectivity index (χ0v) is 11.5. The lowest BCUT2D eigenvalue weighted by molar-refractivity contribution is -0.384. The molecule has 2 saturated heterocycles. The van der Waals surface area contributed by atoms with Crippen molar-refractivity contribution in [1.29, 1.82) is 0 Å². The zero-order chi connectivity index (χ0) is 15.3. The van der Waals surface area contributed by atoms with Crippen molar-refractivity contribution in [3.63, 3.8) is 0 Å². The summed E-state index contributed by atoms with van der Waals surface area (Å²) in [6.07, 6.45) is 0. The third-order valence-electron chi connectivity index (χ3n) is 4.12. The van der Waals surface area contributed by atoms with E-state index in [1.807, 2.05) is 0 Å². The number of nitrogens with one attached hydrogen (secondary N) is 1. The largest absolute Gasteiger partial charge is 0.284 e. The molecule has 0 radical (unpaired) electrons. The van der Waals surface area contributed by atoms with Crippen LogP contribution in [-0.4, -0.2) is 46.8 Å². The van der Waals surface area contributed by atoms with Crippen LogP contribution in [0.25, 0.3) is 0 Å². The van der Waals surface area contributed by atoms with E-state index >= 15 is 0 Å². The summed E-state index contributed by atoms with van der Waals surface area (Å²) in [7, 11) is 3.19. The maximum atomic E-state index is 12.2. The highest BCUT2D eigenvalue weighted by Crippen LogP contribution is 2.39. The number of likely N-dealkylation sites (N-methyl/N-ethyl adjacent to an activating group) is 2. The van der Waals surface area contributed by atoms with Gasteiger partial charge in [-0.3, -0.25) is 24.6 Å². The summed E-state index contributed by atoms with van der Waals surface area (Å²) in [5.74, 6) is -0.969. The maximum Gasteiger partial charge on any atom is 0.269 e. The molecule has 21 heavy (non-hydrogen) atoms. The fourth-order valence-corrected chi connectivity index (χ4v) is 3.02. The molecule has 0 unspecified atom stereocenters. The number of nitro benzene ring substituents is 1. The first-order valence-electron chi connectivity index (χ1n) is 6.46. The first kappa shape index (κ1) is 13.7. The van der Waals surface area contributed by atoms with Gasteiger partial charge in [-0.2, -0.15) is 0 Å². The summed E-state index contributed by atoms with van der Waals surface area (Å²) in [5, 5.41) is 12.3. The van der Waals surface area contributed by atoms with Gasteiger partial charge in [0.15, 0.2) is 0 Å². The highest BCUT2D eigenvalue weighted by atomic mass is 16.6. The van der Waals surface area contributed by atoms with E-state index in [0.29, 0.717) is 0 Å². The molecular formula is C13H14N4O4. The summed E-state index contributed by atoms with van der Waals surface area (Å²) in [4.78, 5) is 35.6. The topological polar surface area (TPSA) is 95.8 Å². The van der Waals surface area contributed by atoms with Crippen LogP contribution in [-0.2, 0) is 9.59 Å². The Hall–Kier alpha value is -2.32. The van der Waals surface area contributed by atoms with Crippen LogP contribution in [0.5, 0.6) is 0 Å². The monoisotopic (exact) mass is 290 g/mol. The molecule has 8 nitrogen and oxygen atoms in total. The van der Waals surface area contributed by atoms with Crippen LogP contribution in [0, 0.1) is 16.0 Å². The fraction of sp³-hybridized carbons (Fsp3) is 0.385. The van der Waals surface area contributed by atoms with Gasteiger partial charge in [0.05, 0.1) is 16.9 Å². The number of nitrogens with zero attached hydrogens (tertiary/aromatic N) is 3. The number of non-ortho nitro benzene ring substituents is 1. The Morgan fingerprint density at radius 3 is 2.33 bits per heavy atom. The number of fused-ring (bicyclic) bond motifs is 1. The Morgan fingerprint density at radius 2 is 1.76 bits per heavy atom. The number of carbonyl (C=O) groups is 2. The molecule has 2 heterocycles. The summed E-state index contributed by atoms with van der Waals surface area (Å²) < 4.78 is 0. The molecule has 110 valence electrons. The molecule has 2 aliphatic heterocycles.